The van der Waals surface area contributed by atoms with E-state index in [1.165, 1.54) is 0 Å². The lowest BCUT2D eigenvalue weighted by Crippen LogP contribution is -2.10. The number of rotatable bonds is 4. The molecule has 7 nitrogen and oxygen atoms in total. The molecule has 8 heteroatoms. The first kappa shape index (κ1) is 17.0. The van der Waals surface area contributed by atoms with E-state index in [9.17, 15) is 4.79 Å². The lowest BCUT2D eigenvalue weighted by atomic mass is 10.2. The summed E-state index contributed by atoms with van der Waals surface area (Å²) in [5.41, 5.74) is 2.13. The van der Waals surface area contributed by atoms with Crippen LogP contribution in [0.25, 0.3) is 22.7 Å². The number of furan rings is 1. The van der Waals surface area contributed by atoms with E-state index in [-0.39, 0.29) is 11.7 Å². The van der Waals surface area contributed by atoms with Crippen molar-refractivity contribution in [1.29, 1.82) is 0 Å². The zero-order valence-electron chi connectivity index (χ0n) is 14.3. The first-order valence-electron chi connectivity index (χ1n) is 8.11. The van der Waals surface area contributed by atoms with Crippen LogP contribution in [0.3, 0.4) is 0 Å². The molecule has 0 aliphatic carbocycles. The molecule has 0 bridgehead atoms. The molecular formula is C19H14ClN5O2. The molecule has 0 unspecified atom stereocenters. The summed E-state index contributed by atoms with van der Waals surface area (Å²) in [6.07, 6.45) is 0. The Labute approximate surface area is 159 Å². The van der Waals surface area contributed by atoms with Crippen molar-refractivity contribution in [2.24, 2.45) is 7.05 Å². The molecule has 0 radical (unpaired) electrons. The Bertz CT molecular complexity index is 1120. The van der Waals surface area contributed by atoms with Crippen LogP contribution < -0.4 is 5.32 Å². The number of amides is 1. The first-order chi connectivity index (χ1) is 13.1. The highest BCUT2D eigenvalue weighted by Crippen LogP contribution is 2.29. The fourth-order valence-corrected chi connectivity index (χ4v) is 2.90. The number of tetrazole rings is 1. The molecule has 2 heterocycles. The van der Waals surface area contributed by atoms with E-state index < -0.39 is 0 Å². The summed E-state index contributed by atoms with van der Waals surface area (Å²) < 4.78 is 7.23. The van der Waals surface area contributed by atoms with Gasteiger partial charge in [0.05, 0.1) is 5.02 Å². The third-order valence-corrected chi connectivity index (χ3v) is 4.30. The van der Waals surface area contributed by atoms with Crippen molar-refractivity contribution < 1.29 is 9.21 Å². The maximum Gasteiger partial charge on any atom is 0.291 e. The van der Waals surface area contributed by atoms with Crippen LogP contribution in [-0.2, 0) is 7.05 Å². The maximum atomic E-state index is 12.5. The quantitative estimate of drug-likeness (QED) is 0.578. The molecule has 4 aromatic rings. The van der Waals surface area contributed by atoms with Crippen molar-refractivity contribution in [2.45, 2.75) is 0 Å². The van der Waals surface area contributed by atoms with Gasteiger partial charge in [-0.3, -0.25) is 4.79 Å². The van der Waals surface area contributed by atoms with E-state index in [0.717, 1.165) is 11.1 Å². The number of aromatic nitrogens is 4. The van der Waals surface area contributed by atoms with Gasteiger partial charge in [-0.2, -0.15) is 0 Å². The van der Waals surface area contributed by atoms with Gasteiger partial charge in [0, 0.05) is 23.9 Å². The highest BCUT2D eigenvalue weighted by molar-refractivity contribution is 6.33. The van der Waals surface area contributed by atoms with Gasteiger partial charge in [0.15, 0.2) is 11.6 Å². The largest absolute Gasteiger partial charge is 0.451 e. The zero-order chi connectivity index (χ0) is 18.8. The molecule has 0 aliphatic heterocycles. The van der Waals surface area contributed by atoms with Gasteiger partial charge in [0.25, 0.3) is 5.91 Å². The minimum Gasteiger partial charge on any atom is -0.451 e. The van der Waals surface area contributed by atoms with Gasteiger partial charge in [-0.15, -0.1) is 5.10 Å². The topological polar surface area (TPSA) is 85.8 Å². The molecule has 134 valence electrons. The molecule has 1 amide bonds. The molecule has 2 aromatic heterocycles. The fraction of sp³-hybridized carbons (Fsp3) is 0.0526. The van der Waals surface area contributed by atoms with Gasteiger partial charge in [-0.1, -0.05) is 35.9 Å². The van der Waals surface area contributed by atoms with Crippen molar-refractivity contribution >= 4 is 23.2 Å². The van der Waals surface area contributed by atoms with Gasteiger partial charge in [-0.25, -0.2) is 4.68 Å². The Morgan fingerprint density at radius 2 is 1.96 bits per heavy atom. The molecule has 4 rings (SSSR count). The molecule has 0 saturated heterocycles. The predicted molar refractivity (Wildman–Crippen MR) is 101 cm³/mol. The van der Waals surface area contributed by atoms with Crippen molar-refractivity contribution in [3.05, 3.63) is 71.4 Å². The Hall–Kier alpha value is -3.45. The zero-order valence-corrected chi connectivity index (χ0v) is 15.0. The molecule has 0 fully saturated rings. The summed E-state index contributed by atoms with van der Waals surface area (Å²) in [6, 6.07) is 17.9. The van der Waals surface area contributed by atoms with Gasteiger partial charge < -0.3 is 9.73 Å². The van der Waals surface area contributed by atoms with Crippen LogP contribution in [0.4, 0.5) is 5.69 Å². The molecule has 1 N–H and O–H groups in total. The Kier molecular flexibility index (Phi) is 4.43. The lowest BCUT2D eigenvalue weighted by Gasteiger charge is -2.06. The highest BCUT2D eigenvalue weighted by Gasteiger charge is 2.15. The average Bonchev–Trinajstić information content (AvgIpc) is 3.31. The smallest absolute Gasteiger partial charge is 0.291 e. The Morgan fingerprint density at radius 3 is 2.74 bits per heavy atom. The number of nitrogens with zero attached hydrogens (tertiary/aromatic N) is 4. The van der Waals surface area contributed by atoms with Crippen molar-refractivity contribution in [3.8, 4) is 22.7 Å². The number of anilines is 1. The van der Waals surface area contributed by atoms with Gasteiger partial charge in [-0.05, 0) is 46.8 Å². The van der Waals surface area contributed by atoms with Gasteiger partial charge >= 0.3 is 0 Å². The number of aryl methyl sites for hydroxylation is 1. The van der Waals surface area contributed by atoms with E-state index in [1.54, 1.807) is 42.1 Å². The van der Waals surface area contributed by atoms with Crippen molar-refractivity contribution in [1.82, 2.24) is 20.2 Å². The second-order valence-corrected chi connectivity index (χ2v) is 6.21. The molecule has 27 heavy (non-hydrogen) atoms. The fourth-order valence-electron chi connectivity index (χ4n) is 2.67. The van der Waals surface area contributed by atoms with Crippen molar-refractivity contribution in [3.63, 3.8) is 0 Å². The number of carbonyl (C=O) groups excluding carboxylic acids is 1. The third kappa shape index (κ3) is 3.45. The maximum absolute atomic E-state index is 12.5. The second kappa shape index (κ2) is 7.05. The van der Waals surface area contributed by atoms with E-state index in [1.807, 2.05) is 30.3 Å². The number of benzene rings is 2. The van der Waals surface area contributed by atoms with Crippen molar-refractivity contribution in [2.75, 3.05) is 5.32 Å². The minimum absolute atomic E-state index is 0.190. The van der Waals surface area contributed by atoms with Gasteiger partial charge in [0.1, 0.15) is 5.76 Å². The van der Waals surface area contributed by atoms with Crippen LogP contribution in [0.1, 0.15) is 10.6 Å². The summed E-state index contributed by atoms with van der Waals surface area (Å²) in [5, 5.41) is 14.8. The second-order valence-electron chi connectivity index (χ2n) is 5.80. The van der Waals surface area contributed by atoms with Crippen LogP contribution in [0.5, 0.6) is 0 Å². The van der Waals surface area contributed by atoms with E-state index in [0.29, 0.717) is 22.3 Å². The summed E-state index contributed by atoms with van der Waals surface area (Å²) in [7, 11) is 1.75. The summed E-state index contributed by atoms with van der Waals surface area (Å²) in [5.74, 6) is 0.965. The van der Waals surface area contributed by atoms with Crippen LogP contribution in [0.2, 0.25) is 5.02 Å². The number of carbonyl (C=O) groups is 1. The minimum atomic E-state index is -0.360. The van der Waals surface area contributed by atoms with Crippen LogP contribution in [-0.4, -0.2) is 26.1 Å². The molecule has 0 spiro atoms. The summed E-state index contributed by atoms with van der Waals surface area (Å²) in [6.45, 7) is 0. The molecular weight excluding hydrogens is 366 g/mol. The van der Waals surface area contributed by atoms with Crippen LogP contribution in [0.15, 0.2) is 65.1 Å². The number of hydrogen-bond donors (Lipinski definition) is 1. The van der Waals surface area contributed by atoms with Crippen LogP contribution >= 0.6 is 11.6 Å². The highest BCUT2D eigenvalue weighted by atomic mass is 35.5. The monoisotopic (exact) mass is 379 g/mol. The molecule has 0 atom stereocenters. The normalized spacial score (nSPS) is 10.7. The number of hydrogen-bond acceptors (Lipinski definition) is 5. The van der Waals surface area contributed by atoms with E-state index in [4.69, 9.17) is 16.0 Å². The average molecular weight is 380 g/mol. The first-order valence-corrected chi connectivity index (χ1v) is 8.48. The molecule has 0 aliphatic rings. The lowest BCUT2D eigenvalue weighted by molar-refractivity contribution is 0.0997. The van der Waals surface area contributed by atoms with E-state index >= 15 is 0 Å². The number of halogens is 1. The van der Waals surface area contributed by atoms with Crippen LogP contribution in [0, 0.1) is 0 Å². The molecule has 2 aromatic carbocycles. The third-order valence-electron chi connectivity index (χ3n) is 3.97. The predicted octanol–water partition coefficient (Wildman–Crippen LogP) is 4.04. The SMILES string of the molecule is Cn1nnnc1-c1cccc(NC(=O)c2ccc(-c3ccccc3Cl)o2)c1. The number of nitrogens with one attached hydrogen (secondary N) is 1. The Balaban J connectivity index is 1.55. The summed E-state index contributed by atoms with van der Waals surface area (Å²) in [4.78, 5) is 12.5. The van der Waals surface area contributed by atoms with Gasteiger partial charge in [0.2, 0.25) is 0 Å². The van der Waals surface area contributed by atoms with E-state index in [2.05, 4.69) is 20.8 Å². The molecule has 0 saturated carbocycles. The summed E-state index contributed by atoms with van der Waals surface area (Å²) >= 11 is 6.18. The standard InChI is InChI=1S/C19H14ClN5O2/c1-25-18(22-23-24-25)12-5-4-6-13(11-12)21-19(26)17-10-9-16(27-17)14-7-2-3-8-15(14)20/h2-11H,1H3,(H,21,26). The Morgan fingerprint density at radius 1 is 1.11 bits per heavy atom.